The number of ether oxygens (including phenoxy) is 1. The molecule has 1 atom stereocenters. The van der Waals surface area contributed by atoms with Crippen molar-refractivity contribution in [2.75, 3.05) is 33.4 Å². The summed E-state index contributed by atoms with van der Waals surface area (Å²) < 4.78 is 5.38. The van der Waals surface area contributed by atoms with Crippen molar-refractivity contribution in [1.82, 2.24) is 20.4 Å². The number of carbonyl (C=O) groups excluding carboxylic acids is 4. The molecule has 2 heterocycles. The maximum Gasteiger partial charge on any atom is 0.255 e. The summed E-state index contributed by atoms with van der Waals surface area (Å²) in [5.41, 5.74) is 3.59. The highest BCUT2D eigenvalue weighted by molar-refractivity contribution is 6.31. The molecule has 0 spiro atoms. The van der Waals surface area contributed by atoms with Crippen LogP contribution in [-0.4, -0.2) is 73.2 Å². The van der Waals surface area contributed by atoms with Crippen molar-refractivity contribution in [3.8, 4) is 0 Å². The number of fused-ring (bicyclic) bond motifs is 1. The van der Waals surface area contributed by atoms with Crippen molar-refractivity contribution >= 4 is 35.6 Å². The van der Waals surface area contributed by atoms with Gasteiger partial charge in [-0.3, -0.25) is 19.3 Å². The zero-order chi connectivity index (χ0) is 26.4. The maximum atomic E-state index is 12.9. The monoisotopic (exact) mass is 526 g/mol. The van der Waals surface area contributed by atoms with E-state index >= 15 is 0 Å². The molecule has 2 N–H and O–H groups in total. The number of hydrogen-bond donors (Lipinski definition) is 2. The van der Waals surface area contributed by atoms with E-state index in [0.29, 0.717) is 35.9 Å². The number of rotatable bonds is 10. The van der Waals surface area contributed by atoms with E-state index in [2.05, 4.69) is 15.5 Å². The number of nitrogens with one attached hydrogen (secondary N) is 2. The minimum atomic E-state index is -0.714. The van der Waals surface area contributed by atoms with Crippen molar-refractivity contribution in [1.29, 1.82) is 0 Å². The molecule has 0 radical (unpaired) electrons. The van der Waals surface area contributed by atoms with Crippen molar-refractivity contribution in [2.45, 2.75) is 38.5 Å². The number of aldehydes is 1. The van der Waals surface area contributed by atoms with Gasteiger partial charge in [0, 0.05) is 62.3 Å². The summed E-state index contributed by atoms with van der Waals surface area (Å²) >= 11 is 6.47. The number of likely N-dealkylation sites (N-methyl/N-ethyl adjacent to an activating group) is 1. The summed E-state index contributed by atoms with van der Waals surface area (Å²) in [6, 6.07) is 10.0. The number of benzene rings is 2. The zero-order valence-electron chi connectivity index (χ0n) is 20.8. The predicted octanol–water partition coefficient (Wildman–Crippen LogP) is 2.15. The van der Waals surface area contributed by atoms with E-state index in [1.807, 2.05) is 12.1 Å². The van der Waals surface area contributed by atoms with E-state index in [1.165, 1.54) is 11.9 Å². The van der Waals surface area contributed by atoms with Crippen LogP contribution in [0.2, 0.25) is 5.02 Å². The highest BCUT2D eigenvalue weighted by Gasteiger charge is 2.35. The first-order chi connectivity index (χ1) is 17.9. The number of amides is 3. The Kier molecular flexibility index (Phi) is 8.91. The topological polar surface area (TPSA) is 108 Å². The molecule has 9 nitrogen and oxygen atoms in total. The third-order valence-electron chi connectivity index (χ3n) is 6.75. The fourth-order valence-corrected chi connectivity index (χ4v) is 4.92. The molecule has 2 aromatic carbocycles. The van der Waals surface area contributed by atoms with Crippen LogP contribution in [0.15, 0.2) is 36.4 Å². The average molecular weight is 527 g/mol. The third kappa shape index (κ3) is 6.36. The van der Waals surface area contributed by atoms with Gasteiger partial charge in [0.2, 0.25) is 5.91 Å². The molecule has 0 bridgehead atoms. The lowest BCUT2D eigenvalue weighted by Crippen LogP contribution is -2.46. The molecule has 0 saturated carbocycles. The molecule has 1 saturated heterocycles. The van der Waals surface area contributed by atoms with Crippen LogP contribution in [0.25, 0.3) is 0 Å². The van der Waals surface area contributed by atoms with Gasteiger partial charge in [-0.05, 0) is 41.3 Å². The minimum absolute atomic E-state index is 0.188. The number of carbonyl (C=O) groups is 4. The highest BCUT2D eigenvalue weighted by atomic mass is 35.5. The standard InChI is InChI=1S/C27H31ClN4O5/c1-29-26(35)24(3-2-10-33)32-17-21-13-18(4-7-22(21)27(32)36)15-30-25(34)19-5-6-20(23(28)14-19)16-31-8-11-37-12-9-31/h4-7,10,13-14,24H,2-3,8-9,11-12,15-17H2,1H3,(H,29,35)(H,30,34). The normalized spacial score (nSPS) is 16.3. The van der Waals surface area contributed by atoms with Crippen LogP contribution in [0.3, 0.4) is 0 Å². The predicted molar refractivity (Wildman–Crippen MR) is 138 cm³/mol. The van der Waals surface area contributed by atoms with E-state index in [-0.39, 0.29) is 43.7 Å². The lowest BCUT2D eigenvalue weighted by Gasteiger charge is -2.26. The molecule has 0 aliphatic carbocycles. The zero-order valence-corrected chi connectivity index (χ0v) is 21.6. The molecule has 1 unspecified atom stereocenters. The fraction of sp³-hybridized carbons (Fsp3) is 0.407. The lowest BCUT2D eigenvalue weighted by atomic mass is 10.1. The fourth-order valence-electron chi connectivity index (χ4n) is 4.68. The van der Waals surface area contributed by atoms with Gasteiger partial charge in [-0.1, -0.05) is 29.8 Å². The first kappa shape index (κ1) is 26.8. The van der Waals surface area contributed by atoms with Gasteiger partial charge in [-0.15, -0.1) is 0 Å². The van der Waals surface area contributed by atoms with Crippen molar-refractivity contribution < 1.29 is 23.9 Å². The summed E-state index contributed by atoms with van der Waals surface area (Å²) in [4.78, 5) is 52.7. The lowest BCUT2D eigenvalue weighted by molar-refractivity contribution is -0.125. The van der Waals surface area contributed by atoms with Gasteiger partial charge >= 0.3 is 0 Å². The van der Waals surface area contributed by atoms with Crippen LogP contribution < -0.4 is 10.6 Å². The minimum Gasteiger partial charge on any atom is -0.379 e. The molecular weight excluding hydrogens is 496 g/mol. The Labute approximate surface area is 221 Å². The molecule has 0 aromatic heterocycles. The Hall–Kier alpha value is -3.27. The number of halogens is 1. The first-order valence-electron chi connectivity index (χ1n) is 12.4. The van der Waals surface area contributed by atoms with Crippen LogP contribution >= 0.6 is 11.6 Å². The maximum absolute atomic E-state index is 12.9. The summed E-state index contributed by atoms with van der Waals surface area (Å²) in [7, 11) is 1.51. The number of morpholine rings is 1. The second-order valence-corrected chi connectivity index (χ2v) is 9.58. The van der Waals surface area contributed by atoms with Gasteiger partial charge < -0.3 is 25.1 Å². The van der Waals surface area contributed by atoms with Crippen LogP contribution in [0, 0.1) is 0 Å². The van der Waals surface area contributed by atoms with Crippen molar-refractivity contribution in [3.05, 3.63) is 69.2 Å². The Morgan fingerprint density at radius 3 is 2.65 bits per heavy atom. The van der Waals surface area contributed by atoms with Crippen LogP contribution in [-0.2, 0) is 34.0 Å². The highest BCUT2D eigenvalue weighted by Crippen LogP contribution is 2.27. The Morgan fingerprint density at radius 2 is 1.95 bits per heavy atom. The molecule has 196 valence electrons. The summed E-state index contributed by atoms with van der Waals surface area (Å²) in [6.45, 7) is 4.39. The smallest absolute Gasteiger partial charge is 0.255 e. The van der Waals surface area contributed by atoms with E-state index in [0.717, 1.165) is 36.1 Å². The van der Waals surface area contributed by atoms with E-state index in [1.54, 1.807) is 24.3 Å². The Morgan fingerprint density at radius 1 is 1.16 bits per heavy atom. The largest absolute Gasteiger partial charge is 0.379 e. The molecule has 37 heavy (non-hydrogen) atoms. The van der Waals surface area contributed by atoms with Gasteiger partial charge in [0.05, 0.1) is 13.2 Å². The summed E-state index contributed by atoms with van der Waals surface area (Å²) in [5.74, 6) is -0.784. The Balaban J connectivity index is 1.37. The summed E-state index contributed by atoms with van der Waals surface area (Å²) in [5, 5.41) is 6.03. The van der Waals surface area contributed by atoms with Crippen LogP contribution in [0.5, 0.6) is 0 Å². The van der Waals surface area contributed by atoms with Gasteiger partial charge in [0.1, 0.15) is 12.3 Å². The first-order valence-corrected chi connectivity index (χ1v) is 12.7. The molecule has 2 aliphatic heterocycles. The molecule has 4 rings (SSSR count). The second-order valence-electron chi connectivity index (χ2n) is 9.18. The molecule has 10 heteroatoms. The quantitative estimate of drug-likeness (QED) is 0.459. The number of hydrogen-bond acceptors (Lipinski definition) is 6. The molecular formula is C27H31ClN4O5. The van der Waals surface area contributed by atoms with Gasteiger partial charge in [0.15, 0.2) is 0 Å². The SMILES string of the molecule is CNC(=O)C(CCC=O)N1Cc2cc(CNC(=O)c3ccc(CN4CCOCC4)c(Cl)c3)ccc2C1=O. The molecule has 2 aliphatic rings. The van der Waals surface area contributed by atoms with Gasteiger partial charge in [-0.25, -0.2) is 0 Å². The second kappa shape index (κ2) is 12.3. The average Bonchev–Trinajstić information content (AvgIpc) is 3.24. The van der Waals surface area contributed by atoms with Gasteiger partial charge in [-0.2, -0.15) is 0 Å². The van der Waals surface area contributed by atoms with E-state index in [9.17, 15) is 19.2 Å². The van der Waals surface area contributed by atoms with E-state index in [4.69, 9.17) is 16.3 Å². The Bertz CT molecular complexity index is 1180. The van der Waals surface area contributed by atoms with Crippen molar-refractivity contribution in [3.63, 3.8) is 0 Å². The van der Waals surface area contributed by atoms with Crippen LogP contribution in [0.1, 0.15) is 50.2 Å². The molecule has 1 fully saturated rings. The van der Waals surface area contributed by atoms with Gasteiger partial charge in [0.25, 0.3) is 11.8 Å². The molecule has 3 amide bonds. The number of nitrogens with zero attached hydrogens (tertiary/aromatic N) is 2. The summed E-state index contributed by atoms with van der Waals surface area (Å²) in [6.07, 6.45) is 1.20. The van der Waals surface area contributed by atoms with Crippen LogP contribution in [0.4, 0.5) is 0 Å². The molecule has 2 aromatic rings. The third-order valence-corrected chi connectivity index (χ3v) is 7.10. The van der Waals surface area contributed by atoms with Crippen molar-refractivity contribution in [2.24, 2.45) is 0 Å². The van der Waals surface area contributed by atoms with E-state index < -0.39 is 6.04 Å².